The molecule has 0 fully saturated rings. The molecule has 0 aliphatic rings. The second-order valence-electron chi connectivity index (χ2n) is 11.8. The van der Waals surface area contributed by atoms with Gasteiger partial charge in [0, 0.05) is 24.3 Å². The fourth-order valence-electron chi connectivity index (χ4n) is 6.27. The molecule has 5 nitrogen and oxygen atoms in total. The third kappa shape index (κ3) is 7.80. The van der Waals surface area contributed by atoms with Crippen LogP contribution in [-0.2, 0) is 17.9 Å². The van der Waals surface area contributed by atoms with E-state index in [2.05, 4.69) is 95.1 Å². The molecule has 0 aliphatic heterocycles. The maximum absolute atomic E-state index is 13.7. The number of amides is 1. The van der Waals surface area contributed by atoms with E-state index in [4.69, 9.17) is 0 Å². The Kier molecular flexibility index (Phi) is 11.7. The molecule has 0 saturated heterocycles. The number of fused-ring (bicyclic) bond motifs is 2. The van der Waals surface area contributed by atoms with Gasteiger partial charge in [0.15, 0.2) is 0 Å². The van der Waals surface area contributed by atoms with Crippen LogP contribution in [0.4, 0.5) is 5.69 Å². The fourth-order valence-corrected chi connectivity index (χ4v) is 6.74. The van der Waals surface area contributed by atoms with Crippen LogP contribution in [-0.4, -0.2) is 29.9 Å². The number of aliphatic carboxylic acids is 1. The largest absolute Gasteiger partial charge is 1.00 e. The molecule has 48 heavy (non-hydrogen) atoms. The number of hydrogen-bond donors (Lipinski definition) is 1. The molecule has 0 bridgehead atoms. The molecular weight excluding hydrogens is 607 g/mol. The molecule has 236 valence electrons. The molecule has 6 aromatic carbocycles. The summed E-state index contributed by atoms with van der Waals surface area (Å²) >= 11 is 1.53. The van der Waals surface area contributed by atoms with Gasteiger partial charge in [0.1, 0.15) is 0 Å². The van der Waals surface area contributed by atoms with Gasteiger partial charge in [-0.1, -0.05) is 97.1 Å². The molecule has 0 aromatic heterocycles. The Labute approximate surface area is 298 Å². The summed E-state index contributed by atoms with van der Waals surface area (Å²) in [7, 11) is 0. The molecule has 1 N–H and O–H groups in total. The smallest absolute Gasteiger partial charge is 0.548 e. The van der Waals surface area contributed by atoms with Crippen LogP contribution in [0.5, 0.6) is 0 Å². The zero-order valence-corrected chi connectivity index (χ0v) is 28.4. The van der Waals surface area contributed by atoms with Gasteiger partial charge in [-0.25, -0.2) is 0 Å². The van der Waals surface area contributed by atoms with E-state index in [1.807, 2.05) is 55.6 Å². The van der Waals surface area contributed by atoms with E-state index in [0.717, 1.165) is 27.9 Å². The predicted molar refractivity (Wildman–Crippen MR) is 194 cm³/mol. The normalized spacial score (nSPS) is 11.5. The summed E-state index contributed by atoms with van der Waals surface area (Å²) in [6.07, 6.45) is 2.20. The number of thioether (sulfide) groups is 1. The van der Waals surface area contributed by atoms with Crippen molar-refractivity contribution in [3.05, 3.63) is 150 Å². The third-order valence-corrected chi connectivity index (χ3v) is 9.33. The SMILES string of the molecule is CSCC[C@H](NC(=O)c1ccc(CN(Cc2c3ccccc3cc3ccccc23)c2ccccc2)cc1-c1ccccc1C)C(=O)[O-].[Li+]. The first kappa shape index (κ1) is 34.9. The molecule has 0 radical (unpaired) electrons. The fraction of sp³-hybridized carbons (Fsp3) is 0.171. The van der Waals surface area contributed by atoms with Gasteiger partial charge in [-0.3, -0.25) is 4.79 Å². The molecule has 6 aromatic rings. The van der Waals surface area contributed by atoms with Crippen molar-refractivity contribution < 1.29 is 33.6 Å². The first-order valence-corrected chi connectivity index (χ1v) is 17.2. The van der Waals surface area contributed by atoms with Crippen LogP contribution in [0.3, 0.4) is 0 Å². The monoisotopic (exact) mass is 644 g/mol. The van der Waals surface area contributed by atoms with Gasteiger partial charge in [0.05, 0.1) is 12.0 Å². The van der Waals surface area contributed by atoms with E-state index in [-0.39, 0.29) is 18.9 Å². The molecule has 0 heterocycles. The number of nitrogens with zero attached hydrogens (tertiary/aromatic N) is 1. The van der Waals surface area contributed by atoms with E-state index in [1.165, 1.54) is 38.9 Å². The van der Waals surface area contributed by atoms with Gasteiger partial charge in [0.2, 0.25) is 0 Å². The van der Waals surface area contributed by atoms with E-state index in [0.29, 0.717) is 30.8 Å². The van der Waals surface area contributed by atoms with Crippen LogP contribution in [0.2, 0.25) is 0 Å². The summed E-state index contributed by atoms with van der Waals surface area (Å²) in [4.78, 5) is 27.9. The Hall–Kier alpha value is -4.47. The predicted octanol–water partition coefficient (Wildman–Crippen LogP) is 4.78. The number of para-hydroxylation sites is 1. The summed E-state index contributed by atoms with van der Waals surface area (Å²) in [5.74, 6) is -1.10. The number of nitrogens with one attached hydrogen (secondary N) is 1. The Morgan fingerprint density at radius 1 is 0.750 bits per heavy atom. The van der Waals surface area contributed by atoms with Crippen LogP contribution < -0.4 is 34.2 Å². The van der Waals surface area contributed by atoms with Gasteiger partial charge in [-0.05, 0) is 105 Å². The van der Waals surface area contributed by atoms with Gasteiger partial charge < -0.3 is 20.1 Å². The van der Waals surface area contributed by atoms with Crippen molar-refractivity contribution in [3.8, 4) is 11.1 Å². The molecule has 1 atom stereocenters. The van der Waals surface area contributed by atoms with Crippen molar-refractivity contribution >= 4 is 50.9 Å². The number of carbonyl (C=O) groups is 2. The number of carboxylic acid groups (broad SMARTS) is 1. The van der Waals surface area contributed by atoms with Crippen molar-refractivity contribution in [3.63, 3.8) is 0 Å². The van der Waals surface area contributed by atoms with Gasteiger partial charge >= 0.3 is 18.9 Å². The summed E-state index contributed by atoms with van der Waals surface area (Å²) < 4.78 is 0. The molecule has 7 heteroatoms. The van der Waals surface area contributed by atoms with Crippen LogP contribution in [0, 0.1) is 6.92 Å². The minimum atomic E-state index is -1.28. The van der Waals surface area contributed by atoms with E-state index in [1.54, 1.807) is 0 Å². The summed E-state index contributed by atoms with van der Waals surface area (Å²) in [6, 6.07) is 42.5. The number of benzene rings is 6. The number of carbonyl (C=O) groups excluding carboxylic acids is 2. The standard InChI is InChI=1S/C41H38N2O3S.Li/c1-28-12-6-9-17-33(28)37-24-29(20-21-36(37)40(44)42-39(41(45)46)22-23-47-2)26-43(32-15-4-3-5-16-32)27-38-34-18-10-7-13-30(34)25-31-14-8-11-19-35(31)38;/h3-21,24-25,39H,22-23,26-27H2,1-2H3,(H,42,44)(H,45,46);/q;+1/p-1/t39-;/m0./s1. The van der Waals surface area contributed by atoms with Crippen molar-refractivity contribution in [2.45, 2.75) is 32.5 Å². The van der Waals surface area contributed by atoms with Crippen molar-refractivity contribution in [1.82, 2.24) is 5.32 Å². The molecule has 0 saturated carbocycles. The number of aryl methyl sites for hydroxylation is 1. The van der Waals surface area contributed by atoms with Crippen LogP contribution in [0.25, 0.3) is 32.7 Å². The van der Waals surface area contributed by atoms with Crippen LogP contribution in [0.15, 0.2) is 127 Å². The zero-order chi connectivity index (χ0) is 32.8. The van der Waals surface area contributed by atoms with Gasteiger partial charge in [0.25, 0.3) is 5.91 Å². The van der Waals surface area contributed by atoms with Crippen LogP contribution in [0.1, 0.15) is 33.5 Å². The Balaban J connectivity index is 0.00000451. The molecule has 0 aliphatic carbocycles. The first-order chi connectivity index (χ1) is 22.9. The average Bonchev–Trinajstić information content (AvgIpc) is 3.10. The maximum Gasteiger partial charge on any atom is 1.00 e. The minimum absolute atomic E-state index is 0. The number of hydrogen-bond acceptors (Lipinski definition) is 5. The Morgan fingerprint density at radius 3 is 2.02 bits per heavy atom. The topological polar surface area (TPSA) is 72.5 Å². The van der Waals surface area contributed by atoms with E-state index >= 15 is 0 Å². The molecule has 1 amide bonds. The molecule has 0 spiro atoms. The second-order valence-corrected chi connectivity index (χ2v) is 12.8. The molecule has 6 rings (SSSR count). The van der Waals surface area contributed by atoms with Gasteiger partial charge in [-0.15, -0.1) is 0 Å². The Morgan fingerprint density at radius 2 is 1.38 bits per heavy atom. The van der Waals surface area contributed by atoms with Crippen molar-refractivity contribution in [2.75, 3.05) is 16.9 Å². The van der Waals surface area contributed by atoms with Crippen LogP contribution >= 0.6 is 11.8 Å². The van der Waals surface area contributed by atoms with E-state index < -0.39 is 17.9 Å². The molecule has 0 unspecified atom stereocenters. The second kappa shape index (κ2) is 16.1. The molecular formula is C41H37LiN2O3S. The average molecular weight is 645 g/mol. The first-order valence-electron chi connectivity index (χ1n) is 15.8. The van der Waals surface area contributed by atoms with E-state index in [9.17, 15) is 14.7 Å². The maximum atomic E-state index is 13.7. The minimum Gasteiger partial charge on any atom is -0.548 e. The quantitative estimate of drug-likeness (QED) is 0.153. The van der Waals surface area contributed by atoms with Gasteiger partial charge in [-0.2, -0.15) is 11.8 Å². The number of rotatable bonds is 12. The third-order valence-electron chi connectivity index (χ3n) is 8.69. The van der Waals surface area contributed by atoms with Crippen molar-refractivity contribution in [2.24, 2.45) is 0 Å². The summed E-state index contributed by atoms with van der Waals surface area (Å²) in [6.45, 7) is 3.29. The summed E-state index contributed by atoms with van der Waals surface area (Å²) in [5.41, 5.74) is 6.55. The number of carboxylic acids is 1. The Bertz CT molecular complexity index is 2000. The zero-order valence-electron chi connectivity index (χ0n) is 27.6. The summed E-state index contributed by atoms with van der Waals surface area (Å²) in [5, 5.41) is 19.5. The van der Waals surface area contributed by atoms with Crippen molar-refractivity contribution in [1.29, 1.82) is 0 Å². The number of anilines is 1.